The van der Waals surface area contributed by atoms with E-state index >= 15 is 0 Å². The Hall–Kier alpha value is -2.12. The topological polar surface area (TPSA) is 105 Å². The Morgan fingerprint density at radius 1 is 1.27 bits per heavy atom. The van der Waals surface area contributed by atoms with Crippen molar-refractivity contribution < 1.29 is 23.9 Å². The Morgan fingerprint density at radius 2 is 1.92 bits per heavy atom. The van der Waals surface area contributed by atoms with Crippen molar-refractivity contribution in [1.82, 2.24) is 15.5 Å². The third-order valence-electron chi connectivity index (χ3n) is 5.74. The second-order valence-electron chi connectivity index (χ2n) is 7.94. The van der Waals surface area contributed by atoms with Crippen LogP contribution in [0.3, 0.4) is 0 Å². The summed E-state index contributed by atoms with van der Waals surface area (Å²) in [5.41, 5.74) is -0.874. The van der Waals surface area contributed by atoms with Crippen LogP contribution in [0, 0.1) is 11.8 Å². The molecule has 2 N–H and O–H groups in total. The average molecular weight is 365 g/mol. The minimum atomic E-state index is -0.874. The molecule has 2 saturated carbocycles. The zero-order valence-corrected chi connectivity index (χ0v) is 15.4. The molecule has 1 atom stereocenters. The third kappa shape index (κ3) is 3.99. The number of amides is 4. The van der Waals surface area contributed by atoms with Crippen molar-refractivity contribution in [3.05, 3.63) is 0 Å². The van der Waals surface area contributed by atoms with Gasteiger partial charge in [0, 0.05) is 6.04 Å². The number of hydrogen-bond acceptors (Lipinski definition) is 5. The van der Waals surface area contributed by atoms with Crippen LogP contribution in [-0.2, 0) is 19.1 Å². The van der Waals surface area contributed by atoms with Crippen LogP contribution < -0.4 is 10.6 Å². The molecule has 26 heavy (non-hydrogen) atoms. The van der Waals surface area contributed by atoms with E-state index in [4.69, 9.17) is 4.74 Å². The van der Waals surface area contributed by atoms with Gasteiger partial charge < -0.3 is 15.4 Å². The molecule has 1 unspecified atom stereocenters. The van der Waals surface area contributed by atoms with Crippen molar-refractivity contribution >= 4 is 23.8 Å². The van der Waals surface area contributed by atoms with Crippen molar-refractivity contribution in [2.45, 2.75) is 64.0 Å². The highest BCUT2D eigenvalue weighted by molar-refractivity contribution is 6.08. The summed E-state index contributed by atoms with van der Waals surface area (Å²) >= 11 is 0. The molecule has 8 nitrogen and oxygen atoms in total. The molecule has 1 saturated heterocycles. The number of urea groups is 1. The van der Waals surface area contributed by atoms with Crippen molar-refractivity contribution in [2.24, 2.45) is 11.8 Å². The normalized spacial score (nSPS) is 29.5. The molecule has 0 aromatic rings. The molecule has 3 rings (SSSR count). The Labute approximate surface area is 153 Å². The van der Waals surface area contributed by atoms with Crippen molar-refractivity contribution in [3.8, 4) is 0 Å². The number of nitrogens with one attached hydrogen (secondary N) is 2. The number of carbonyl (C=O) groups is 4. The third-order valence-corrected chi connectivity index (χ3v) is 5.74. The van der Waals surface area contributed by atoms with Gasteiger partial charge >= 0.3 is 12.0 Å². The molecule has 2 aliphatic carbocycles. The Kier molecular flexibility index (Phi) is 5.20. The molecular weight excluding hydrogens is 338 g/mol. The second-order valence-corrected chi connectivity index (χ2v) is 7.94. The zero-order chi connectivity index (χ0) is 18.9. The largest absolute Gasteiger partial charge is 0.454 e. The van der Waals surface area contributed by atoms with Crippen LogP contribution in [0.15, 0.2) is 0 Å². The van der Waals surface area contributed by atoms with Gasteiger partial charge in [-0.05, 0) is 57.3 Å². The fourth-order valence-corrected chi connectivity index (χ4v) is 3.74. The Morgan fingerprint density at radius 3 is 2.54 bits per heavy atom. The summed E-state index contributed by atoms with van der Waals surface area (Å²) in [6, 6.07) is -0.492. The average Bonchev–Trinajstić information content (AvgIpc) is 3.41. The van der Waals surface area contributed by atoms with Crippen LogP contribution in [0.2, 0.25) is 0 Å². The molecule has 0 radical (unpaired) electrons. The summed E-state index contributed by atoms with van der Waals surface area (Å²) in [5, 5.41) is 5.54. The van der Waals surface area contributed by atoms with Crippen LogP contribution in [0.1, 0.15) is 52.4 Å². The molecular formula is C18H27N3O5. The first-order valence-electron chi connectivity index (χ1n) is 9.40. The first-order chi connectivity index (χ1) is 12.3. The number of carbonyl (C=O) groups excluding carboxylic acids is 4. The van der Waals surface area contributed by atoms with Gasteiger partial charge in [0.2, 0.25) is 0 Å². The Balaban J connectivity index is 1.47. The minimum absolute atomic E-state index is 0.0701. The van der Waals surface area contributed by atoms with Gasteiger partial charge in [-0.2, -0.15) is 0 Å². The molecule has 3 fully saturated rings. The summed E-state index contributed by atoms with van der Waals surface area (Å²) in [6.07, 6.45) is 5.12. The van der Waals surface area contributed by atoms with E-state index in [0.717, 1.165) is 30.6 Å². The lowest BCUT2D eigenvalue weighted by Crippen LogP contribution is -2.49. The first-order valence-corrected chi connectivity index (χ1v) is 9.40. The maximum absolute atomic E-state index is 12.7. The van der Waals surface area contributed by atoms with E-state index in [1.807, 2.05) is 6.92 Å². The van der Waals surface area contributed by atoms with Gasteiger partial charge in [-0.1, -0.05) is 6.92 Å². The van der Waals surface area contributed by atoms with E-state index in [1.54, 1.807) is 0 Å². The summed E-state index contributed by atoms with van der Waals surface area (Å²) in [7, 11) is 0. The Bertz CT molecular complexity index is 608. The van der Waals surface area contributed by atoms with Gasteiger partial charge in [-0.25, -0.2) is 4.79 Å². The van der Waals surface area contributed by atoms with Gasteiger partial charge in [0.25, 0.3) is 11.8 Å². The van der Waals surface area contributed by atoms with E-state index in [0.29, 0.717) is 24.7 Å². The maximum Gasteiger partial charge on any atom is 0.326 e. The lowest BCUT2D eigenvalue weighted by atomic mass is 9.77. The van der Waals surface area contributed by atoms with Gasteiger partial charge in [0.05, 0.1) is 0 Å². The van der Waals surface area contributed by atoms with Crippen LogP contribution in [0.5, 0.6) is 0 Å². The highest BCUT2D eigenvalue weighted by Crippen LogP contribution is 2.36. The molecule has 1 spiro atoms. The minimum Gasteiger partial charge on any atom is -0.454 e. The fraction of sp³-hybridized carbons (Fsp3) is 0.778. The van der Waals surface area contributed by atoms with Gasteiger partial charge in [-0.15, -0.1) is 0 Å². The van der Waals surface area contributed by atoms with E-state index in [1.165, 1.54) is 0 Å². The van der Waals surface area contributed by atoms with Gasteiger partial charge in [0.15, 0.2) is 6.61 Å². The highest BCUT2D eigenvalue weighted by Gasteiger charge is 2.52. The predicted octanol–water partition coefficient (Wildman–Crippen LogP) is 0.945. The summed E-state index contributed by atoms with van der Waals surface area (Å²) in [5.74, 6) is -0.453. The maximum atomic E-state index is 12.7. The van der Waals surface area contributed by atoms with Crippen LogP contribution in [0.25, 0.3) is 0 Å². The monoisotopic (exact) mass is 365 g/mol. The fourth-order valence-electron chi connectivity index (χ4n) is 3.74. The quantitative estimate of drug-likeness (QED) is 0.538. The smallest absolute Gasteiger partial charge is 0.326 e. The second kappa shape index (κ2) is 7.25. The number of imide groups is 1. The number of nitrogens with zero attached hydrogens (tertiary/aromatic N) is 1. The predicted molar refractivity (Wildman–Crippen MR) is 91.9 cm³/mol. The van der Waals surface area contributed by atoms with Crippen molar-refractivity contribution in [2.75, 3.05) is 13.2 Å². The first kappa shape index (κ1) is 18.7. The number of ether oxygens (including phenoxy) is 1. The molecule has 0 aromatic carbocycles. The molecule has 0 aromatic heterocycles. The molecule has 1 aliphatic heterocycles. The van der Waals surface area contributed by atoms with Gasteiger partial charge in [0.1, 0.15) is 12.1 Å². The van der Waals surface area contributed by atoms with Crippen LogP contribution in [-0.4, -0.2) is 53.4 Å². The molecule has 0 bridgehead atoms. The van der Waals surface area contributed by atoms with Crippen LogP contribution in [0.4, 0.5) is 4.79 Å². The number of rotatable bonds is 6. The van der Waals surface area contributed by atoms with Gasteiger partial charge in [-0.3, -0.25) is 19.3 Å². The number of esters is 1. The zero-order valence-electron chi connectivity index (χ0n) is 15.4. The lowest BCUT2D eigenvalue weighted by molar-refractivity contribution is -0.151. The van der Waals surface area contributed by atoms with Crippen LogP contribution >= 0.6 is 0 Å². The molecule has 144 valence electrons. The van der Waals surface area contributed by atoms with E-state index in [-0.39, 0.29) is 17.9 Å². The highest BCUT2D eigenvalue weighted by atomic mass is 16.5. The summed E-state index contributed by atoms with van der Waals surface area (Å²) < 4.78 is 4.93. The van der Waals surface area contributed by atoms with Crippen molar-refractivity contribution in [3.63, 3.8) is 0 Å². The molecule has 4 amide bonds. The lowest BCUT2D eigenvalue weighted by Gasteiger charge is -2.33. The standard InChI is InChI=1S/C18H27N3O5/c1-11-5-7-18(8-6-11)16(24)21(17(25)20-18)9-15(23)26-10-14(22)19-12(2)13-3-4-13/h11-13H,3-10H2,1-2H3,(H,19,22)(H,20,25). The number of hydrogen-bond donors (Lipinski definition) is 2. The van der Waals surface area contributed by atoms with Crippen molar-refractivity contribution in [1.29, 1.82) is 0 Å². The molecule has 3 aliphatic rings. The summed E-state index contributed by atoms with van der Waals surface area (Å²) in [4.78, 5) is 49.5. The summed E-state index contributed by atoms with van der Waals surface area (Å²) in [6.45, 7) is 3.18. The molecule has 8 heteroatoms. The SMILES string of the molecule is CC1CCC2(CC1)NC(=O)N(CC(=O)OCC(=O)NC(C)C1CC1)C2=O. The van der Waals surface area contributed by atoms with E-state index in [9.17, 15) is 19.2 Å². The van der Waals surface area contributed by atoms with E-state index < -0.39 is 30.7 Å². The molecule has 1 heterocycles. The van der Waals surface area contributed by atoms with E-state index in [2.05, 4.69) is 17.6 Å².